The zero-order valence-electron chi connectivity index (χ0n) is 15.8. The van der Waals surface area contributed by atoms with E-state index in [9.17, 15) is 10.1 Å². The highest BCUT2D eigenvalue weighted by Gasteiger charge is 2.30. The average molecular weight is 379 g/mol. The monoisotopic (exact) mass is 379 g/mol. The number of rotatable bonds is 6. The van der Waals surface area contributed by atoms with Crippen molar-refractivity contribution in [2.45, 2.75) is 57.0 Å². The number of nitrogens with one attached hydrogen (secondary N) is 1. The summed E-state index contributed by atoms with van der Waals surface area (Å²) < 4.78 is 1.62. The Bertz CT molecular complexity index is 925. The van der Waals surface area contributed by atoms with E-state index in [1.165, 1.54) is 11.1 Å². The van der Waals surface area contributed by atoms with Gasteiger partial charge in [-0.15, -0.1) is 0 Å². The number of amides is 1. The van der Waals surface area contributed by atoms with Gasteiger partial charge in [-0.2, -0.15) is 10.4 Å². The maximum Gasteiger partial charge on any atom is 0.404 e. The molecule has 0 spiro atoms. The van der Waals surface area contributed by atoms with Crippen molar-refractivity contribution >= 4 is 11.9 Å². The predicted molar refractivity (Wildman–Crippen MR) is 105 cm³/mol. The lowest BCUT2D eigenvalue weighted by Crippen LogP contribution is -2.38. The second kappa shape index (κ2) is 7.55. The molecule has 4 N–H and O–H groups in total. The molecule has 1 fully saturated rings. The molecular weight excluding hydrogens is 354 g/mol. The summed E-state index contributed by atoms with van der Waals surface area (Å²) in [6, 6.07) is 10.4. The maximum atomic E-state index is 11.2. The van der Waals surface area contributed by atoms with Gasteiger partial charge < -0.3 is 16.2 Å². The summed E-state index contributed by atoms with van der Waals surface area (Å²) in [5.74, 6) is 1.06. The molecule has 1 heterocycles. The largest absolute Gasteiger partial charge is 0.465 e. The first-order valence-electron chi connectivity index (χ1n) is 9.87. The van der Waals surface area contributed by atoms with Gasteiger partial charge in [-0.1, -0.05) is 37.1 Å². The van der Waals surface area contributed by atoms with E-state index < -0.39 is 6.09 Å². The summed E-state index contributed by atoms with van der Waals surface area (Å²) in [7, 11) is 0. The number of nitrogens with two attached hydrogens (primary N) is 1. The van der Waals surface area contributed by atoms with E-state index in [1.54, 1.807) is 4.68 Å². The van der Waals surface area contributed by atoms with Gasteiger partial charge in [0.05, 0.1) is 18.3 Å². The summed E-state index contributed by atoms with van der Waals surface area (Å²) in [5.41, 5.74) is 10.1. The molecule has 4 rings (SSSR count). The van der Waals surface area contributed by atoms with Gasteiger partial charge in [0, 0.05) is 5.92 Å². The van der Waals surface area contributed by atoms with Crippen molar-refractivity contribution in [3.63, 3.8) is 0 Å². The first kappa shape index (κ1) is 18.4. The molecule has 2 aliphatic carbocycles. The smallest absolute Gasteiger partial charge is 0.404 e. The summed E-state index contributed by atoms with van der Waals surface area (Å²) in [6.07, 6.45) is 4.76. The second-order valence-electron chi connectivity index (χ2n) is 7.97. The molecule has 1 saturated carbocycles. The van der Waals surface area contributed by atoms with E-state index in [0.29, 0.717) is 23.8 Å². The highest BCUT2D eigenvalue weighted by atomic mass is 16.4. The fourth-order valence-electron chi connectivity index (χ4n) is 4.28. The molecule has 2 aliphatic rings. The molecule has 1 amide bonds. The van der Waals surface area contributed by atoms with Crippen LogP contribution in [0.5, 0.6) is 0 Å². The van der Waals surface area contributed by atoms with E-state index in [4.69, 9.17) is 10.8 Å². The van der Waals surface area contributed by atoms with Crippen molar-refractivity contribution in [2.75, 3.05) is 5.73 Å². The van der Waals surface area contributed by atoms with Crippen LogP contribution in [0, 0.1) is 17.2 Å². The van der Waals surface area contributed by atoms with E-state index in [1.807, 2.05) is 6.07 Å². The molecule has 0 radical (unpaired) electrons. The molecule has 7 heteroatoms. The fraction of sp³-hybridized carbons (Fsp3) is 0.476. The van der Waals surface area contributed by atoms with E-state index in [-0.39, 0.29) is 12.0 Å². The van der Waals surface area contributed by atoms with E-state index in [2.05, 4.69) is 34.7 Å². The van der Waals surface area contributed by atoms with Crippen molar-refractivity contribution in [3.05, 3.63) is 46.6 Å². The molecule has 0 bridgehead atoms. The van der Waals surface area contributed by atoms with Crippen LogP contribution in [0.1, 0.15) is 54.0 Å². The van der Waals surface area contributed by atoms with Crippen molar-refractivity contribution in [1.82, 2.24) is 15.1 Å². The molecule has 2 aromatic rings. The normalized spacial score (nSPS) is 19.5. The molecule has 2 atom stereocenters. The number of aryl methyl sites for hydroxylation is 1. The highest BCUT2D eigenvalue weighted by Crippen LogP contribution is 2.36. The maximum absolute atomic E-state index is 11.2. The topological polar surface area (TPSA) is 117 Å². The lowest BCUT2D eigenvalue weighted by atomic mass is 9.81. The van der Waals surface area contributed by atoms with Gasteiger partial charge in [0.1, 0.15) is 17.5 Å². The predicted octanol–water partition coefficient (Wildman–Crippen LogP) is 3.05. The van der Waals surface area contributed by atoms with Gasteiger partial charge in [0.2, 0.25) is 0 Å². The summed E-state index contributed by atoms with van der Waals surface area (Å²) in [6.45, 7) is 0.354. The van der Waals surface area contributed by atoms with E-state index >= 15 is 0 Å². The van der Waals surface area contributed by atoms with Crippen LogP contribution in [0.3, 0.4) is 0 Å². The molecular formula is C21H25N5O2. The molecule has 146 valence electrons. The van der Waals surface area contributed by atoms with Crippen molar-refractivity contribution in [1.29, 1.82) is 5.26 Å². The molecule has 0 saturated heterocycles. The van der Waals surface area contributed by atoms with Crippen LogP contribution in [0.2, 0.25) is 0 Å². The number of anilines is 1. The Labute approximate surface area is 164 Å². The minimum absolute atomic E-state index is 0.155. The van der Waals surface area contributed by atoms with Crippen LogP contribution in [-0.2, 0) is 19.4 Å². The SMILES string of the molecule is N#Cc1c(C2CCc3ccccc3C2)nn(CC(CC2CC2)NC(=O)O)c1N. The molecule has 1 aromatic heterocycles. The van der Waals surface area contributed by atoms with Crippen LogP contribution < -0.4 is 11.1 Å². The number of fused-ring (bicyclic) bond motifs is 1. The van der Waals surface area contributed by atoms with Gasteiger partial charge in [-0.3, -0.25) is 0 Å². The van der Waals surface area contributed by atoms with Gasteiger partial charge >= 0.3 is 6.09 Å². The zero-order valence-corrected chi connectivity index (χ0v) is 15.8. The lowest BCUT2D eigenvalue weighted by Gasteiger charge is -2.23. The fourth-order valence-corrected chi connectivity index (χ4v) is 4.28. The van der Waals surface area contributed by atoms with Gasteiger partial charge in [0.25, 0.3) is 0 Å². The Hall–Kier alpha value is -3.01. The summed E-state index contributed by atoms with van der Waals surface area (Å²) in [4.78, 5) is 11.2. The molecule has 0 aliphatic heterocycles. The van der Waals surface area contributed by atoms with Crippen molar-refractivity contribution in [2.24, 2.45) is 5.92 Å². The number of nitrogens with zero attached hydrogens (tertiary/aromatic N) is 3. The Kier molecular flexibility index (Phi) is 4.95. The number of hydrogen-bond acceptors (Lipinski definition) is 4. The third-order valence-electron chi connectivity index (χ3n) is 5.90. The van der Waals surface area contributed by atoms with Crippen molar-refractivity contribution in [3.8, 4) is 6.07 Å². The number of hydrogen-bond donors (Lipinski definition) is 3. The third-order valence-corrected chi connectivity index (χ3v) is 5.90. The zero-order chi connectivity index (χ0) is 19.7. The second-order valence-corrected chi connectivity index (χ2v) is 7.97. The van der Waals surface area contributed by atoms with Crippen LogP contribution in [0.4, 0.5) is 10.6 Å². The standard InChI is InChI=1S/C21H25N5O2/c22-11-18-19(16-8-7-14-3-1-2-4-15(14)10-16)25-26(20(18)23)12-17(24-21(27)28)9-13-5-6-13/h1-4,13,16-17,24H,5-10,12,23H2,(H,27,28). The number of carboxylic acid groups (broad SMARTS) is 1. The summed E-state index contributed by atoms with van der Waals surface area (Å²) in [5, 5.41) is 26.1. The number of carbonyl (C=O) groups is 1. The Morgan fingerprint density at radius 3 is 2.79 bits per heavy atom. The quantitative estimate of drug-likeness (QED) is 0.713. The average Bonchev–Trinajstić information content (AvgIpc) is 3.44. The van der Waals surface area contributed by atoms with Gasteiger partial charge in [0.15, 0.2) is 0 Å². The van der Waals surface area contributed by atoms with Crippen LogP contribution >= 0.6 is 0 Å². The summed E-state index contributed by atoms with van der Waals surface area (Å²) >= 11 is 0. The van der Waals surface area contributed by atoms with Crippen LogP contribution in [0.15, 0.2) is 24.3 Å². The van der Waals surface area contributed by atoms with E-state index in [0.717, 1.165) is 44.2 Å². The number of aromatic nitrogens is 2. The molecule has 28 heavy (non-hydrogen) atoms. The first-order valence-corrected chi connectivity index (χ1v) is 9.87. The number of nitrogen functional groups attached to an aromatic ring is 1. The molecule has 7 nitrogen and oxygen atoms in total. The number of nitriles is 1. The highest BCUT2D eigenvalue weighted by molar-refractivity contribution is 5.64. The number of benzene rings is 1. The first-order chi connectivity index (χ1) is 13.5. The van der Waals surface area contributed by atoms with Crippen LogP contribution in [-0.4, -0.2) is 27.0 Å². The Morgan fingerprint density at radius 1 is 1.36 bits per heavy atom. The lowest BCUT2D eigenvalue weighted by molar-refractivity contribution is 0.186. The molecule has 1 aromatic carbocycles. The van der Waals surface area contributed by atoms with Gasteiger partial charge in [-0.25, -0.2) is 9.48 Å². The minimum Gasteiger partial charge on any atom is -0.465 e. The van der Waals surface area contributed by atoms with Crippen LogP contribution in [0.25, 0.3) is 0 Å². The Morgan fingerprint density at radius 2 is 2.11 bits per heavy atom. The van der Waals surface area contributed by atoms with Crippen molar-refractivity contribution < 1.29 is 9.90 Å². The minimum atomic E-state index is -1.04. The molecule has 2 unspecified atom stereocenters. The Balaban J connectivity index is 1.58. The third kappa shape index (κ3) is 3.81. The van der Waals surface area contributed by atoms with Gasteiger partial charge in [-0.05, 0) is 42.7 Å².